The van der Waals surface area contributed by atoms with Crippen LogP contribution in [0, 0.1) is 0 Å². The summed E-state index contributed by atoms with van der Waals surface area (Å²) in [6.45, 7) is 0. The molecule has 0 spiro atoms. The van der Waals surface area contributed by atoms with Gasteiger partial charge in [-0.3, -0.25) is 0 Å². The Morgan fingerprint density at radius 1 is 0.405 bits per heavy atom. The molecule has 0 aliphatic heterocycles. The van der Waals surface area contributed by atoms with Crippen LogP contribution in [0.3, 0.4) is 0 Å². The fraction of sp³-hybridized carbons (Fsp3) is 0.0833. The second kappa shape index (κ2) is 11.3. The molecular weight excluding hydrogens is 766 g/mol. The summed E-state index contributed by atoms with van der Waals surface area (Å²) in [5.74, 6) is 0. The summed E-state index contributed by atoms with van der Waals surface area (Å²) >= 11 is 6.98. The first-order chi connectivity index (χ1) is 18.7. The van der Waals surface area contributed by atoms with E-state index in [9.17, 15) is 50.4 Å². The Morgan fingerprint density at radius 3 is 0.810 bits per heavy atom. The monoisotopic (exact) mass is 784 g/mol. The second-order valence-corrected chi connectivity index (χ2v) is 13.5. The number of pyridine rings is 2. The summed E-state index contributed by atoms with van der Waals surface area (Å²) in [6, 6.07) is 25.8. The molecule has 4 rings (SSSR count). The summed E-state index contributed by atoms with van der Waals surface area (Å²) in [5, 5.41) is 1.76. The molecular formula is C24H20Br2F12N2P2. The van der Waals surface area contributed by atoms with Crippen molar-refractivity contribution in [1.29, 1.82) is 0 Å². The van der Waals surface area contributed by atoms with Crippen molar-refractivity contribution in [3.63, 3.8) is 0 Å². The number of nitrogens with zero attached hydrogens (tertiary/aromatic N) is 2. The van der Waals surface area contributed by atoms with Gasteiger partial charge in [-0.2, -0.15) is 9.13 Å². The second-order valence-electron chi connectivity index (χ2n) is 8.50. The van der Waals surface area contributed by atoms with Gasteiger partial charge in [-0.05, 0) is 22.3 Å². The Morgan fingerprint density at radius 2 is 0.619 bits per heavy atom. The van der Waals surface area contributed by atoms with Gasteiger partial charge < -0.3 is 0 Å². The molecule has 0 atom stereocenters. The van der Waals surface area contributed by atoms with Crippen molar-refractivity contribution in [1.82, 2.24) is 0 Å². The summed E-state index contributed by atoms with van der Waals surface area (Å²) in [5.41, 5.74) is 7.29. The molecule has 2 nitrogen and oxygen atoms in total. The van der Waals surface area contributed by atoms with Gasteiger partial charge in [0.25, 0.3) is 0 Å². The Hall–Kier alpha value is -2.28. The van der Waals surface area contributed by atoms with E-state index in [1.165, 1.54) is 22.3 Å². The van der Waals surface area contributed by atoms with Crippen LogP contribution in [-0.4, -0.2) is 0 Å². The number of rotatable bonds is 5. The summed E-state index contributed by atoms with van der Waals surface area (Å²) in [6.07, 6.45) is 8.44. The minimum atomic E-state index is -10.7. The minimum absolute atomic E-state index is 0.881. The zero-order valence-corrected chi connectivity index (χ0v) is 25.7. The standard InChI is InChI=1S/C24H20Br2N2.2F6P/c25-17-19-1-5-23(6-2-19)27-13-9-21(10-14-27)22-11-15-28(16-12-22)24-7-3-20(18-26)4-8-24;2*1-7(2,3,4,5)6/h1-16H,17-18H2;;/q+2;2*-1. The zero-order valence-electron chi connectivity index (χ0n) is 20.7. The van der Waals surface area contributed by atoms with Crippen molar-refractivity contribution in [3.8, 4) is 22.5 Å². The fourth-order valence-corrected chi connectivity index (χ4v) is 3.84. The van der Waals surface area contributed by atoms with Crippen molar-refractivity contribution < 1.29 is 59.5 Å². The normalized spacial score (nSPS) is 14.9. The maximum atomic E-state index is 9.87. The first kappa shape index (κ1) is 35.9. The number of benzene rings is 2. The molecule has 234 valence electrons. The van der Waals surface area contributed by atoms with Crippen LogP contribution in [0.25, 0.3) is 22.5 Å². The van der Waals surface area contributed by atoms with Crippen LogP contribution in [0.5, 0.6) is 0 Å². The van der Waals surface area contributed by atoms with Gasteiger partial charge in [0.15, 0.2) is 24.8 Å². The van der Waals surface area contributed by atoms with Gasteiger partial charge in [-0.1, -0.05) is 56.1 Å². The van der Waals surface area contributed by atoms with E-state index in [0.29, 0.717) is 0 Å². The Kier molecular flexibility index (Phi) is 9.69. The molecule has 0 saturated carbocycles. The average Bonchev–Trinajstić information content (AvgIpc) is 2.85. The third-order valence-corrected chi connectivity index (χ3v) is 6.06. The topological polar surface area (TPSA) is 7.76 Å². The molecule has 18 heteroatoms. The van der Waals surface area contributed by atoms with Gasteiger partial charge in [-0.15, -0.1) is 0 Å². The van der Waals surface area contributed by atoms with Crippen LogP contribution in [0.2, 0.25) is 0 Å². The molecule has 4 aromatic rings. The van der Waals surface area contributed by atoms with E-state index >= 15 is 0 Å². The van der Waals surface area contributed by atoms with E-state index in [-0.39, 0.29) is 0 Å². The van der Waals surface area contributed by atoms with Crippen LogP contribution >= 0.6 is 47.5 Å². The van der Waals surface area contributed by atoms with Crippen molar-refractivity contribution in [2.24, 2.45) is 0 Å². The van der Waals surface area contributed by atoms with Crippen molar-refractivity contribution >= 4 is 47.5 Å². The molecule has 2 heterocycles. The third kappa shape index (κ3) is 17.6. The molecule has 0 aliphatic rings. The van der Waals surface area contributed by atoms with Crippen LogP contribution in [0.4, 0.5) is 50.4 Å². The van der Waals surface area contributed by atoms with Crippen LogP contribution in [0.1, 0.15) is 11.1 Å². The molecule has 0 fully saturated rings. The first-order valence-corrected chi connectivity index (χ1v) is 17.4. The third-order valence-electron chi connectivity index (χ3n) is 4.77. The number of hydrogen-bond acceptors (Lipinski definition) is 0. The molecule has 0 amide bonds. The molecule has 0 saturated heterocycles. The van der Waals surface area contributed by atoms with Gasteiger partial charge in [0.1, 0.15) is 0 Å². The molecule has 2 aromatic carbocycles. The van der Waals surface area contributed by atoms with Gasteiger partial charge in [0.2, 0.25) is 11.4 Å². The summed E-state index contributed by atoms with van der Waals surface area (Å²) in [7, 11) is -21.3. The van der Waals surface area contributed by atoms with E-state index in [1.54, 1.807) is 0 Å². The van der Waals surface area contributed by atoms with Gasteiger partial charge in [0.05, 0.1) is 0 Å². The molecule has 0 aliphatic carbocycles. The van der Waals surface area contributed by atoms with Crippen LogP contribution in [-0.2, 0) is 10.7 Å². The molecule has 42 heavy (non-hydrogen) atoms. The SMILES string of the molecule is BrCc1ccc(-[n+]2ccc(-c3cc[n+](-c4ccc(CBr)cc4)cc3)cc2)cc1.F[P-](F)(F)(F)(F)F.F[P-](F)(F)(F)(F)F. The Bertz CT molecular complexity index is 1340. The summed E-state index contributed by atoms with van der Waals surface area (Å²) < 4.78 is 123. The Balaban J connectivity index is 0.000000367. The van der Waals surface area contributed by atoms with E-state index in [4.69, 9.17) is 0 Å². The number of aromatic nitrogens is 2. The molecule has 0 bridgehead atoms. The number of alkyl halides is 2. The van der Waals surface area contributed by atoms with E-state index in [0.717, 1.165) is 22.0 Å². The van der Waals surface area contributed by atoms with Crippen LogP contribution < -0.4 is 9.13 Å². The predicted octanol–water partition coefficient (Wildman–Crippen LogP) is 12.5. The van der Waals surface area contributed by atoms with E-state index in [2.05, 4.69) is 139 Å². The summed E-state index contributed by atoms with van der Waals surface area (Å²) in [4.78, 5) is 0. The maximum absolute atomic E-state index is 10.7. The van der Waals surface area contributed by atoms with E-state index in [1.807, 2.05) is 0 Å². The quantitative estimate of drug-likeness (QED) is 0.0824. The van der Waals surface area contributed by atoms with Gasteiger partial charge in [0, 0.05) is 59.2 Å². The Labute approximate surface area is 248 Å². The molecule has 0 radical (unpaired) electrons. The predicted molar refractivity (Wildman–Crippen MR) is 147 cm³/mol. The zero-order chi connectivity index (χ0) is 32.2. The van der Waals surface area contributed by atoms with Gasteiger partial charge in [-0.25, -0.2) is 0 Å². The van der Waals surface area contributed by atoms with Crippen molar-refractivity contribution in [2.75, 3.05) is 0 Å². The number of halogens is 14. The van der Waals surface area contributed by atoms with Gasteiger partial charge >= 0.3 is 66.0 Å². The first-order valence-electron chi connectivity index (χ1n) is 11.1. The average molecular weight is 786 g/mol. The molecule has 2 aromatic heterocycles. The van der Waals surface area contributed by atoms with Crippen molar-refractivity contribution in [3.05, 3.63) is 109 Å². The fourth-order valence-electron chi connectivity index (χ4n) is 3.10. The molecule has 0 unspecified atom stereocenters. The van der Waals surface area contributed by atoms with E-state index < -0.39 is 15.6 Å². The van der Waals surface area contributed by atoms with Crippen LogP contribution in [0.15, 0.2) is 97.6 Å². The molecule has 0 N–H and O–H groups in total. The van der Waals surface area contributed by atoms with Crippen molar-refractivity contribution in [2.45, 2.75) is 10.7 Å². The number of hydrogen-bond donors (Lipinski definition) is 0.